The lowest BCUT2D eigenvalue weighted by Gasteiger charge is -2.12. The lowest BCUT2D eigenvalue weighted by atomic mass is 10.2. The number of rotatable bonds is 11. The molecule has 34 heavy (non-hydrogen) atoms. The van der Waals surface area contributed by atoms with Gasteiger partial charge < -0.3 is 9.47 Å². The minimum atomic E-state index is -3.97. The van der Waals surface area contributed by atoms with Gasteiger partial charge in [0.2, 0.25) is 0 Å². The zero-order chi connectivity index (χ0) is 24.6. The number of ether oxygens (including phenoxy) is 2. The standard InChI is InChI=1S/C25H28N2O5S2/c1-4-6-10-16-32-22-17-19(13-14-21(22)31-3)18-23-24(28)27(15-5-2)25(33-23)26-34(29,30)20-11-8-7-9-12-20/h5,7-9,11-14,17-18H,2,4,6,10,15-16H2,1,3H3/b23-18-,26-25+. The molecule has 0 radical (unpaired) electrons. The van der Waals surface area contributed by atoms with Gasteiger partial charge in [0.1, 0.15) is 0 Å². The molecule has 1 aliphatic heterocycles. The van der Waals surface area contributed by atoms with Crippen molar-refractivity contribution in [3.05, 3.63) is 71.7 Å². The zero-order valence-corrected chi connectivity index (χ0v) is 20.9. The first-order valence-electron chi connectivity index (χ1n) is 10.9. The number of benzene rings is 2. The van der Waals surface area contributed by atoms with Gasteiger partial charge in [0.25, 0.3) is 15.9 Å². The topological polar surface area (TPSA) is 85.3 Å². The van der Waals surface area contributed by atoms with E-state index in [1.807, 2.05) is 6.07 Å². The number of sulfonamides is 1. The van der Waals surface area contributed by atoms with Gasteiger partial charge in [0, 0.05) is 6.54 Å². The van der Waals surface area contributed by atoms with Crippen LogP contribution in [0, 0.1) is 0 Å². The molecule has 1 heterocycles. The highest BCUT2D eigenvalue weighted by Crippen LogP contribution is 2.35. The van der Waals surface area contributed by atoms with E-state index in [1.54, 1.807) is 43.5 Å². The van der Waals surface area contributed by atoms with Gasteiger partial charge in [-0.15, -0.1) is 11.0 Å². The fourth-order valence-electron chi connectivity index (χ4n) is 3.20. The summed E-state index contributed by atoms with van der Waals surface area (Å²) in [4.78, 5) is 14.8. The molecule has 0 unspecified atom stereocenters. The molecular weight excluding hydrogens is 472 g/mol. The third kappa shape index (κ3) is 6.30. The molecule has 0 N–H and O–H groups in total. The molecule has 0 atom stereocenters. The van der Waals surface area contributed by atoms with E-state index < -0.39 is 10.0 Å². The van der Waals surface area contributed by atoms with Crippen molar-refractivity contribution in [1.29, 1.82) is 0 Å². The predicted octanol–water partition coefficient (Wildman–Crippen LogP) is 5.11. The SMILES string of the molecule is C=CCN1C(=O)/C(=C/c2ccc(OC)c(OCCCCC)c2)S/C1=N/S(=O)(=O)c1ccccc1. The van der Waals surface area contributed by atoms with Gasteiger partial charge >= 0.3 is 0 Å². The number of amidine groups is 1. The van der Waals surface area contributed by atoms with Crippen LogP contribution in [0.1, 0.15) is 31.7 Å². The molecule has 0 aromatic heterocycles. The van der Waals surface area contributed by atoms with E-state index in [0.29, 0.717) is 23.0 Å². The van der Waals surface area contributed by atoms with Gasteiger partial charge in [-0.2, -0.15) is 8.42 Å². The molecule has 7 nitrogen and oxygen atoms in total. The molecule has 0 saturated carbocycles. The van der Waals surface area contributed by atoms with Gasteiger partial charge in [0.15, 0.2) is 16.7 Å². The molecule has 180 valence electrons. The minimum absolute atomic E-state index is 0.0616. The van der Waals surface area contributed by atoms with Crippen molar-refractivity contribution in [2.75, 3.05) is 20.3 Å². The first-order valence-corrected chi connectivity index (χ1v) is 13.2. The Morgan fingerprint density at radius 2 is 1.88 bits per heavy atom. The van der Waals surface area contributed by atoms with Crippen LogP contribution in [-0.2, 0) is 14.8 Å². The fraction of sp³-hybridized carbons (Fsp3) is 0.280. The van der Waals surface area contributed by atoms with Crippen LogP contribution in [-0.4, -0.2) is 44.7 Å². The van der Waals surface area contributed by atoms with Gasteiger partial charge in [-0.05, 0) is 54.1 Å². The molecule has 1 saturated heterocycles. The third-order valence-corrected chi connectivity index (χ3v) is 7.33. The second kappa shape index (κ2) is 11.9. The molecule has 1 amide bonds. The summed E-state index contributed by atoms with van der Waals surface area (Å²) in [6, 6.07) is 13.3. The highest BCUT2D eigenvalue weighted by molar-refractivity contribution is 8.19. The maximum Gasteiger partial charge on any atom is 0.284 e. The van der Waals surface area contributed by atoms with Crippen LogP contribution in [0.15, 0.2) is 75.4 Å². The highest BCUT2D eigenvalue weighted by atomic mass is 32.2. The highest BCUT2D eigenvalue weighted by Gasteiger charge is 2.34. The zero-order valence-electron chi connectivity index (χ0n) is 19.3. The number of nitrogens with zero attached hydrogens (tertiary/aromatic N) is 2. The molecule has 2 aromatic carbocycles. The van der Waals surface area contributed by atoms with Crippen LogP contribution in [0.3, 0.4) is 0 Å². The number of methoxy groups -OCH3 is 1. The number of unbranched alkanes of at least 4 members (excludes halogenated alkanes) is 2. The first kappa shape index (κ1) is 25.6. The second-order valence-electron chi connectivity index (χ2n) is 7.44. The van der Waals surface area contributed by atoms with Crippen LogP contribution in [0.25, 0.3) is 6.08 Å². The van der Waals surface area contributed by atoms with Crippen molar-refractivity contribution in [2.45, 2.75) is 31.1 Å². The van der Waals surface area contributed by atoms with Crippen molar-refractivity contribution in [1.82, 2.24) is 4.90 Å². The fourth-order valence-corrected chi connectivity index (χ4v) is 5.41. The third-order valence-electron chi connectivity index (χ3n) is 4.93. The normalized spacial score (nSPS) is 16.3. The summed E-state index contributed by atoms with van der Waals surface area (Å²) in [5.41, 5.74) is 0.730. The van der Waals surface area contributed by atoms with Gasteiger partial charge in [0.05, 0.1) is 23.5 Å². The van der Waals surface area contributed by atoms with E-state index in [9.17, 15) is 13.2 Å². The van der Waals surface area contributed by atoms with E-state index in [-0.39, 0.29) is 22.5 Å². The summed E-state index contributed by atoms with van der Waals surface area (Å²) >= 11 is 1.01. The van der Waals surface area contributed by atoms with Crippen LogP contribution >= 0.6 is 11.8 Å². The Kier molecular flexibility index (Phi) is 8.95. The van der Waals surface area contributed by atoms with Crippen LogP contribution < -0.4 is 9.47 Å². The molecule has 0 spiro atoms. The molecule has 9 heteroatoms. The van der Waals surface area contributed by atoms with Crippen LogP contribution in [0.5, 0.6) is 11.5 Å². The van der Waals surface area contributed by atoms with Gasteiger partial charge in [-0.1, -0.05) is 50.1 Å². The van der Waals surface area contributed by atoms with E-state index in [2.05, 4.69) is 17.9 Å². The minimum Gasteiger partial charge on any atom is -0.493 e. The monoisotopic (exact) mass is 500 g/mol. The Bertz CT molecular complexity index is 1190. The predicted molar refractivity (Wildman–Crippen MR) is 137 cm³/mol. The molecule has 0 bridgehead atoms. The van der Waals surface area contributed by atoms with Crippen molar-refractivity contribution < 1.29 is 22.7 Å². The Morgan fingerprint density at radius 1 is 1.12 bits per heavy atom. The van der Waals surface area contributed by atoms with Crippen molar-refractivity contribution in [3.63, 3.8) is 0 Å². The van der Waals surface area contributed by atoms with E-state index in [4.69, 9.17) is 9.47 Å². The van der Waals surface area contributed by atoms with E-state index in [1.165, 1.54) is 23.1 Å². The summed E-state index contributed by atoms with van der Waals surface area (Å²) in [7, 11) is -2.40. The Balaban J connectivity index is 1.90. The van der Waals surface area contributed by atoms with Crippen molar-refractivity contribution in [2.24, 2.45) is 4.40 Å². The molecule has 0 aliphatic carbocycles. The molecular formula is C25H28N2O5S2. The maximum atomic E-state index is 13.0. The number of thioether (sulfide) groups is 1. The average Bonchev–Trinajstić information content (AvgIpc) is 3.11. The van der Waals surface area contributed by atoms with Crippen molar-refractivity contribution >= 4 is 38.9 Å². The largest absolute Gasteiger partial charge is 0.493 e. The quantitative estimate of drug-likeness (QED) is 0.242. The molecule has 3 rings (SSSR count). The van der Waals surface area contributed by atoms with Crippen LogP contribution in [0.4, 0.5) is 0 Å². The number of amides is 1. The maximum absolute atomic E-state index is 13.0. The summed E-state index contributed by atoms with van der Waals surface area (Å²) in [5.74, 6) is 0.855. The van der Waals surface area contributed by atoms with Crippen molar-refractivity contribution in [3.8, 4) is 11.5 Å². The molecule has 1 aliphatic rings. The molecule has 2 aromatic rings. The average molecular weight is 501 g/mol. The smallest absolute Gasteiger partial charge is 0.284 e. The number of hydrogen-bond acceptors (Lipinski definition) is 6. The summed E-state index contributed by atoms with van der Waals surface area (Å²) < 4.78 is 40.7. The Morgan fingerprint density at radius 3 is 2.56 bits per heavy atom. The van der Waals surface area contributed by atoms with E-state index in [0.717, 1.165) is 36.6 Å². The number of carbonyl (C=O) groups is 1. The summed E-state index contributed by atoms with van der Waals surface area (Å²) in [6.07, 6.45) is 6.33. The number of carbonyl (C=O) groups excluding carboxylic acids is 1. The van der Waals surface area contributed by atoms with E-state index >= 15 is 0 Å². The second-order valence-corrected chi connectivity index (χ2v) is 10.1. The lowest BCUT2D eigenvalue weighted by molar-refractivity contribution is -0.121. The number of hydrogen-bond donors (Lipinski definition) is 0. The summed E-state index contributed by atoms with van der Waals surface area (Å²) in [6.45, 7) is 6.51. The van der Waals surface area contributed by atoms with Gasteiger partial charge in [-0.3, -0.25) is 9.69 Å². The Hall–Kier alpha value is -3.04. The lowest BCUT2D eigenvalue weighted by Crippen LogP contribution is -2.29. The van der Waals surface area contributed by atoms with Crippen LogP contribution in [0.2, 0.25) is 0 Å². The van der Waals surface area contributed by atoms with Gasteiger partial charge in [-0.25, -0.2) is 0 Å². The molecule has 1 fully saturated rings. The first-order chi connectivity index (χ1) is 16.4. The Labute approximate surface area is 205 Å². The summed E-state index contributed by atoms with van der Waals surface area (Å²) in [5, 5.41) is 0.0875.